The first kappa shape index (κ1) is 17.8. The molecule has 1 heterocycles. The van der Waals surface area contributed by atoms with E-state index in [1.54, 1.807) is 31.4 Å². The fraction of sp³-hybridized carbons (Fsp3) is 0.222. The fourth-order valence-corrected chi connectivity index (χ4v) is 3.53. The third kappa shape index (κ3) is 3.50. The van der Waals surface area contributed by atoms with Crippen molar-refractivity contribution >= 4 is 39.0 Å². The van der Waals surface area contributed by atoms with Crippen LogP contribution >= 0.6 is 11.3 Å². The largest absolute Gasteiger partial charge is 0.322 e. The quantitative estimate of drug-likeness (QED) is 0.531. The van der Waals surface area contributed by atoms with E-state index in [1.807, 2.05) is 31.2 Å². The van der Waals surface area contributed by atoms with E-state index in [1.165, 1.54) is 17.0 Å². The molecule has 2 aromatic carbocycles. The van der Waals surface area contributed by atoms with Crippen molar-refractivity contribution in [2.45, 2.75) is 19.9 Å². The molecule has 0 bridgehead atoms. The van der Waals surface area contributed by atoms with Crippen LogP contribution in [0.5, 0.6) is 0 Å². The highest BCUT2D eigenvalue weighted by Crippen LogP contribution is 2.29. The molecule has 3 rings (SSSR count). The number of aromatic nitrogens is 1. The minimum Gasteiger partial charge on any atom is -0.318 e. The van der Waals surface area contributed by atoms with Crippen LogP contribution in [0.15, 0.2) is 42.5 Å². The number of thiazole rings is 1. The first-order valence-electron chi connectivity index (χ1n) is 8.01. The van der Waals surface area contributed by atoms with Gasteiger partial charge in [-0.1, -0.05) is 18.2 Å². The van der Waals surface area contributed by atoms with Crippen LogP contribution in [0.3, 0.4) is 0 Å². The van der Waals surface area contributed by atoms with Crippen molar-refractivity contribution in [2.24, 2.45) is 0 Å². The van der Waals surface area contributed by atoms with Crippen molar-refractivity contribution in [3.8, 4) is 0 Å². The summed E-state index contributed by atoms with van der Waals surface area (Å²) >= 11 is 1.54. The van der Waals surface area contributed by atoms with Crippen molar-refractivity contribution in [3.05, 3.63) is 63.1 Å². The molecular formula is C18H18N4O3S. The first-order chi connectivity index (χ1) is 12.4. The molecule has 0 saturated heterocycles. The second-order valence-electron chi connectivity index (χ2n) is 5.99. The predicted octanol–water partition coefficient (Wildman–Crippen LogP) is 4.74. The van der Waals surface area contributed by atoms with Crippen molar-refractivity contribution in [2.75, 3.05) is 12.4 Å². The van der Waals surface area contributed by atoms with Gasteiger partial charge in [0.2, 0.25) is 0 Å². The highest BCUT2D eigenvalue weighted by atomic mass is 32.1. The van der Waals surface area contributed by atoms with Crippen molar-refractivity contribution < 1.29 is 9.72 Å². The molecule has 0 radical (unpaired) electrons. The van der Waals surface area contributed by atoms with Crippen molar-refractivity contribution in [1.82, 2.24) is 9.88 Å². The summed E-state index contributed by atoms with van der Waals surface area (Å²) in [4.78, 5) is 29.2. The lowest BCUT2D eigenvalue weighted by Gasteiger charge is -2.24. The molecule has 1 N–H and O–H groups in total. The summed E-state index contributed by atoms with van der Waals surface area (Å²) in [5, 5.41) is 14.5. The minimum absolute atomic E-state index is 0.0622. The van der Waals surface area contributed by atoms with E-state index in [0.717, 1.165) is 20.8 Å². The smallest absolute Gasteiger partial charge is 0.318 e. The molecule has 0 saturated carbocycles. The summed E-state index contributed by atoms with van der Waals surface area (Å²) in [6, 6.07) is 11.6. The minimum atomic E-state index is -0.484. The monoisotopic (exact) mass is 370 g/mol. The zero-order valence-electron chi connectivity index (χ0n) is 14.6. The predicted molar refractivity (Wildman–Crippen MR) is 103 cm³/mol. The lowest BCUT2D eigenvalue weighted by molar-refractivity contribution is -0.384. The third-order valence-corrected chi connectivity index (χ3v) is 5.45. The van der Waals surface area contributed by atoms with Gasteiger partial charge in [-0.2, -0.15) is 0 Å². The number of benzene rings is 2. The summed E-state index contributed by atoms with van der Waals surface area (Å²) in [6.07, 6.45) is 0. The third-order valence-electron chi connectivity index (χ3n) is 4.24. The molecule has 0 spiro atoms. The van der Waals surface area contributed by atoms with Gasteiger partial charge in [-0.25, -0.2) is 9.78 Å². The number of hydrogen-bond acceptors (Lipinski definition) is 5. The number of anilines is 1. The van der Waals surface area contributed by atoms with E-state index in [2.05, 4.69) is 10.3 Å². The standard InChI is InChI=1S/C18H18N4O3S/c1-11-8-9-13(22(24)25)10-15(11)20-18(23)21(3)12(2)17-19-14-6-4-5-7-16(14)26-17/h4-10,12H,1-3H3,(H,20,23)/t12-/m0/s1. The molecule has 1 atom stereocenters. The molecule has 8 heteroatoms. The number of non-ortho nitro benzene ring substituents is 1. The summed E-state index contributed by atoms with van der Waals surface area (Å²) < 4.78 is 1.07. The lowest BCUT2D eigenvalue weighted by Crippen LogP contribution is -2.33. The number of nitro groups is 1. The second kappa shape index (κ2) is 7.09. The highest BCUT2D eigenvalue weighted by molar-refractivity contribution is 7.18. The van der Waals surface area contributed by atoms with Gasteiger partial charge in [0.15, 0.2) is 0 Å². The van der Waals surface area contributed by atoms with Gasteiger partial charge in [0.05, 0.1) is 26.9 Å². The van der Waals surface area contributed by atoms with E-state index in [9.17, 15) is 14.9 Å². The van der Waals surface area contributed by atoms with E-state index in [0.29, 0.717) is 5.69 Å². The Morgan fingerprint density at radius 3 is 2.73 bits per heavy atom. The van der Waals surface area contributed by atoms with Crippen LogP contribution in [0.1, 0.15) is 23.5 Å². The molecule has 7 nitrogen and oxygen atoms in total. The van der Waals surface area contributed by atoms with Crippen LogP contribution in [-0.2, 0) is 0 Å². The number of nitrogens with one attached hydrogen (secondary N) is 1. The number of carbonyl (C=O) groups is 1. The Morgan fingerprint density at radius 2 is 2.04 bits per heavy atom. The van der Waals surface area contributed by atoms with E-state index in [-0.39, 0.29) is 17.8 Å². The molecule has 0 aliphatic rings. The maximum atomic E-state index is 12.6. The van der Waals surface area contributed by atoms with Crippen LogP contribution in [0, 0.1) is 17.0 Å². The Kier molecular flexibility index (Phi) is 4.85. The molecule has 0 aliphatic carbocycles. The number of nitrogens with zero attached hydrogens (tertiary/aromatic N) is 3. The number of nitro benzene ring substituents is 1. The summed E-state index contributed by atoms with van der Waals surface area (Å²) in [5.74, 6) is 0. The molecule has 134 valence electrons. The molecule has 2 amide bonds. The average Bonchev–Trinajstić information content (AvgIpc) is 3.06. The molecular weight excluding hydrogens is 352 g/mol. The van der Waals surface area contributed by atoms with Crippen LogP contribution < -0.4 is 5.32 Å². The highest BCUT2D eigenvalue weighted by Gasteiger charge is 2.21. The Labute approximate surface area is 154 Å². The summed E-state index contributed by atoms with van der Waals surface area (Å²) in [5.41, 5.74) is 2.02. The van der Waals surface area contributed by atoms with Gasteiger partial charge >= 0.3 is 6.03 Å². The Morgan fingerprint density at radius 1 is 1.31 bits per heavy atom. The molecule has 0 unspecified atom stereocenters. The average molecular weight is 370 g/mol. The maximum absolute atomic E-state index is 12.6. The summed E-state index contributed by atoms with van der Waals surface area (Å²) in [6.45, 7) is 3.69. The van der Waals surface area contributed by atoms with Crippen molar-refractivity contribution in [1.29, 1.82) is 0 Å². The zero-order valence-corrected chi connectivity index (χ0v) is 15.4. The SMILES string of the molecule is Cc1ccc([N+](=O)[O-])cc1NC(=O)N(C)[C@@H](C)c1nc2ccccc2s1. The number of urea groups is 1. The normalized spacial score (nSPS) is 12.0. The number of fused-ring (bicyclic) bond motifs is 1. The number of carbonyl (C=O) groups excluding carboxylic acids is 1. The number of rotatable bonds is 4. The second-order valence-corrected chi connectivity index (χ2v) is 7.06. The first-order valence-corrected chi connectivity index (χ1v) is 8.83. The van der Waals surface area contributed by atoms with Crippen molar-refractivity contribution in [3.63, 3.8) is 0 Å². The number of para-hydroxylation sites is 1. The number of amides is 2. The van der Waals surface area contributed by atoms with E-state index >= 15 is 0 Å². The van der Waals surface area contributed by atoms with Gasteiger partial charge in [-0.05, 0) is 31.5 Å². The number of hydrogen-bond donors (Lipinski definition) is 1. The van der Waals surface area contributed by atoms with Crippen LogP contribution in [0.2, 0.25) is 0 Å². The lowest BCUT2D eigenvalue weighted by atomic mass is 10.2. The molecule has 0 fully saturated rings. The van der Waals surface area contributed by atoms with Gasteiger partial charge < -0.3 is 10.2 Å². The molecule has 0 aliphatic heterocycles. The Balaban J connectivity index is 1.79. The van der Waals surface area contributed by atoms with Gasteiger partial charge in [0.1, 0.15) is 5.01 Å². The summed E-state index contributed by atoms with van der Waals surface area (Å²) in [7, 11) is 1.68. The van der Waals surface area contributed by atoms with Gasteiger partial charge in [-0.3, -0.25) is 10.1 Å². The van der Waals surface area contributed by atoms with Gasteiger partial charge in [-0.15, -0.1) is 11.3 Å². The number of aryl methyl sites for hydroxylation is 1. The molecule has 1 aromatic heterocycles. The Bertz CT molecular complexity index is 952. The molecule has 3 aromatic rings. The fourth-order valence-electron chi connectivity index (χ4n) is 2.47. The topological polar surface area (TPSA) is 88.4 Å². The van der Waals surface area contributed by atoms with Crippen LogP contribution in [0.25, 0.3) is 10.2 Å². The van der Waals surface area contributed by atoms with Crippen LogP contribution in [-0.4, -0.2) is 27.9 Å². The van der Waals surface area contributed by atoms with Gasteiger partial charge in [0.25, 0.3) is 5.69 Å². The zero-order chi connectivity index (χ0) is 18.8. The Hall–Kier alpha value is -3.00. The van der Waals surface area contributed by atoms with Crippen LogP contribution in [0.4, 0.5) is 16.2 Å². The molecule has 26 heavy (non-hydrogen) atoms. The maximum Gasteiger partial charge on any atom is 0.322 e. The van der Waals surface area contributed by atoms with E-state index < -0.39 is 4.92 Å². The van der Waals surface area contributed by atoms with Gasteiger partial charge in [0, 0.05) is 19.2 Å². The van der Waals surface area contributed by atoms with E-state index in [4.69, 9.17) is 0 Å².